The standard InChI is InChI=1S/C20H26FN3O2/c1-23-13-15(12-22-23)7-8-20(25)24-10-9-17(19(14-24)26-2)11-16-5-3-4-6-18(16)21/h3-6,12-13,17,19H,7-11,14H2,1-2H3/t17-,19+/m1/s1. The minimum atomic E-state index is -0.169. The number of carbonyl (C=O) groups is 1. The molecular weight excluding hydrogens is 333 g/mol. The highest BCUT2D eigenvalue weighted by Crippen LogP contribution is 2.25. The van der Waals surface area contributed by atoms with Gasteiger partial charge in [-0.25, -0.2) is 4.39 Å². The van der Waals surface area contributed by atoms with Crippen LogP contribution in [0.2, 0.25) is 0 Å². The molecule has 1 amide bonds. The Labute approximate surface area is 153 Å². The second-order valence-corrected chi connectivity index (χ2v) is 6.98. The molecule has 0 radical (unpaired) electrons. The number of ether oxygens (including phenoxy) is 1. The highest BCUT2D eigenvalue weighted by molar-refractivity contribution is 5.76. The number of hydrogen-bond donors (Lipinski definition) is 0. The predicted octanol–water partition coefficient (Wildman–Crippen LogP) is 2.60. The van der Waals surface area contributed by atoms with E-state index in [0.29, 0.717) is 32.4 Å². The number of likely N-dealkylation sites (tertiary alicyclic amines) is 1. The molecule has 140 valence electrons. The van der Waals surface area contributed by atoms with E-state index in [9.17, 15) is 9.18 Å². The molecule has 0 saturated carbocycles. The first-order chi connectivity index (χ1) is 12.6. The van der Waals surface area contributed by atoms with E-state index in [-0.39, 0.29) is 23.7 Å². The number of aromatic nitrogens is 2. The van der Waals surface area contributed by atoms with E-state index >= 15 is 0 Å². The summed E-state index contributed by atoms with van der Waals surface area (Å²) in [6.45, 7) is 1.27. The molecule has 5 nitrogen and oxygen atoms in total. The molecule has 2 atom stereocenters. The number of carbonyl (C=O) groups excluding carboxylic acids is 1. The second-order valence-electron chi connectivity index (χ2n) is 6.98. The summed E-state index contributed by atoms with van der Waals surface area (Å²) >= 11 is 0. The summed E-state index contributed by atoms with van der Waals surface area (Å²) in [7, 11) is 3.54. The number of nitrogens with zero attached hydrogens (tertiary/aromatic N) is 3. The Hall–Kier alpha value is -2.21. The Balaban J connectivity index is 1.55. The summed E-state index contributed by atoms with van der Waals surface area (Å²) < 4.78 is 21.3. The lowest BCUT2D eigenvalue weighted by molar-refractivity contribution is -0.136. The number of methoxy groups -OCH3 is 1. The van der Waals surface area contributed by atoms with Gasteiger partial charge in [-0.15, -0.1) is 0 Å². The van der Waals surface area contributed by atoms with Crippen LogP contribution in [0.25, 0.3) is 0 Å². The van der Waals surface area contributed by atoms with Gasteiger partial charge in [-0.3, -0.25) is 9.48 Å². The summed E-state index contributed by atoms with van der Waals surface area (Å²) in [5, 5.41) is 4.13. The molecule has 26 heavy (non-hydrogen) atoms. The van der Waals surface area contributed by atoms with Gasteiger partial charge in [0.1, 0.15) is 5.82 Å². The smallest absolute Gasteiger partial charge is 0.222 e. The molecule has 0 bridgehead atoms. The molecule has 0 N–H and O–H groups in total. The van der Waals surface area contributed by atoms with E-state index in [4.69, 9.17) is 4.74 Å². The van der Waals surface area contributed by atoms with Crippen LogP contribution in [-0.2, 0) is 29.4 Å². The van der Waals surface area contributed by atoms with Crippen LogP contribution in [0.4, 0.5) is 4.39 Å². The van der Waals surface area contributed by atoms with Crippen LogP contribution in [0.15, 0.2) is 36.7 Å². The van der Waals surface area contributed by atoms with Gasteiger partial charge in [-0.1, -0.05) is 18.2 Å². The van der Waals surface area contributed by atoms with Gasteiger partial charge in [0.15, 0.2) is 0 Å². The van der Waals surface area contributed by atoms with Crippen molar-refractivity contribution in [1.82, 2.24) is 14.7 Å². The van der Waals surface area contributed by atoms with Crippen molar-refractivity contribution in [3.63, 3.8) is 0 Å². The maximum Gasteiger partial charge on any atom is 0.222 e. The first-order valence-electron chi connectivity index (χ1n) is 9.08. The minimum Gasteiger partial charge on any atom is -0.379 e. The number of benzene rings is 1. The maximum absolute atomic E-state index is 13.9. The lowest BCUT2D eigenvalue weighted by Crippen LogP contribution is -2.48. The van der Waals surface area contributed by atoms with E-state index in [0.717, 1.165) is 17.5 Å². The quantitative estimate of drug-likeness (QED) is 0.797. The van der Waals surface area contributed by atoms with Gasteiger partial charge in [0, 0.05) is 39.9 Å². The average Bonchev–Trinajstić information content (AvgIpc) is 3.07. The van der Waals surface area contributed by atoms with E-state index < -0.39 is 0 Å². The fourth-order valence-corrected chi connectivity index (χ4v) is 3.65. The van der Waals surface area contributed by atoms with Crippen LogP contribution in [0.5, 0.6) is 0 Å². The summed E-state index contributed by atoms with van der Waals surface area (Å²) in [5.41, 5.74) is 1.79. The van der Waals surface area contributed by atoms with Crippen LogP contribution in [0, 0.1) is 11.7 Å². The first-order valence-corrected chi connectivity index (χ1v) is 9.08. The van der Waals surface area contributed by atoms with Crippen LogP contribution < -0.4 is 0 Å². The van der Waals surface area contributed by atoms with Crippen molar-refractivity contribution < 1.29 is 13.9 Å². The molecule has 2 aromatic rings. The molecule has 3 rings (SSSR count). The minimum absolute atomic E-state index is 0.0642. The van der Waals surface area contributed by atoms with Crippen LogP contribution in [0.1, 0.15) is 24.0 Å². The number of rotatable bonds is 6. The molecule has 1 aromatic carbocycles. The molecule has 2 heterocycles. The number of hydrogen-bond acceptors (Lipinski definition) is 3. The van der Waals surface area contributed by atoms with Crippen LogP contribution in [0.3, 0.4) is 0 Å². The molecule has 0 spiro atoms. The van der Waals surface area contributed by atoms with E-state index in [1.54, 1.807) is 24.1 Å². The van der Waals surface area contributed by atoms with Crippen molar-refractivity contribution in [3.8, 4) is 0 Å². The molecule has 1 aliphatic rings. The fourth-order valence-electron chi connectivity index (χ4n) is 3.65. The summed E-state index contributed by atoms with van der Waals surface area (Å²) in [5.74, 6) is 0.192. The number of halogens is 1. The summed E-state index contributed by atoms with van der Waals surface area (Å²) in [6, 6.07) is 6.88. The first kappa shape index (κ1) is 18.6. The van der Waals surface area contributed by atoms with Gasteiger partial charge < -0.3 is 9.64 Å². The summed E-state index contributed by atoms with van der Waals surface area (Å²) in [6.07, 6.45) is 6.30. The van der Waals surface area contributed by atoms with Gasteiger partial charge in [-0.05, 0) is 42.4 Å². The van der Waals surface area contributed by atoms with Crippen molar-refractivity contribution in [2.45, 2.75) is 31.8 Å². The number of aryl methyl sites for hydroxylation is 2. The Kier molecular flexibility index (Phi) is 6.04. The predicted molar refractivity (Wildman–Crippen MR) is 97.1 cm³/mol. The van der Waals surface area contributed by atoms with Gasteiger partial charge in [0.2, 0.25) is 5.91 Å². The normalized spacial score (nSPS) is 20.3. The molecular formula is C20H26FN3O2. The lowest BCUT2D eigenvalue weighted by atomic mass is 9.87. The van der Waals surface area contributed by atoms with Crippen LogP contribution in [-0.4, -0.2) is 46.9 Å². The third-order valence-corrected chi connectivity index (χ3v) is 5.18. The van der Waals surface area contributed by atoms with Gasteiger partial charge in [0.05, 0.1) is 12.3 Å². The fraction of sp³-hybridized carbons (Fsp3) is 0.500. The highest BCUT2D eigenvalue weighted by atomic mass is 19.1. The topological polar surface area (TPSA) is 47.4 Å². The number of amides is 1. The van der Waals surface area contributed by atoms with Crippen molar-refractivity contribution >= 4 is 5.91 Å². The van der Waals surface area contributed by atoms with Gasteiger partial charge in [-0.2, -0.15) is 5.10 Å². The lowest BCUT2D eigenvalue weighted by Gasteiger charge is -2.38. The maximum atomic E-state index is 13.9. The molecule has 1 saturated heterocycles. The zero-order valence-electron chi connectivity index (χ0n) is 15.4. The zero-order chi connectivity index (χ0) is 18.5. The van der Waals surface area contributed by atoms with Gasteiger partial charge >= 0.3 is 0 Å². The average molecular weight is 359 g/mol. The highest BCUT2D eigenvalue weighted by Gasteiger charge is 2.31. The zero-order valence-corrected chi connectivity index (χ0v) is 15.4. The van der Waals surface area contributed by atoms with Crippen molar-refractivity contribution in [2.24, 2.45) is 13.0 Å². The van der Waals surface area contributed by atoms with Crippen LogP contribution >= 0.6 is 0 Å². The molecule has 1 aromatic heterocycles. The van der Waals surface area contributed by atoms with E-state index in [2.05, 4.69) is 5.10 Å². The Bertz CT molecular complexity index is 746. The van der Waals surface area contributed by atoms with E-state index in [1.807, 2.05) is 30.3 Å². The van der Waals surface area contributed by atoms with E-state index in [1.165, 1.54) is 6.07 Å². The molecule has 1 fully saturated rings. The Morgan fingerprint density at radius 1 is 1.38 bits per heavy atom. The van der Waals surface area contributed by atoms with Crippen molar-refractivity contribution in [2.75, 3.05) is 20.2 Å². The molecule has 0 unspecified atom stereocenters. The Morgan fingerprint density at radius 2 is 2.19 bits per heavy atom. The molecule has 1 aliphatic heterocycles. The summed E-state index contributed by atoms with van der Waals surface area (Å²) in [4.78, 5) is 14.4. The monoisotopic (exact) mass is 359 g/mol. The Morgan fingerprint density at radius 3 is 2.88 bits per heavy atom. The largest absolute Gasteiger partial charge is 0.379 e. The number of piperidine rings is 1. The molecule has 0 aliphatic carbocycles. The third kappa shape index (κ3) is 4.49. The molecule has 6 heteroatoms. The van der Waals surface area contributed by atoms with Crippen molar-refractivity contribution in [1.29, 1.82) is 0 Å². The van der Waals surface area contributed by atoms with Crippen molar-refractivity contribution in [3.05, 3.63) is 53.6 Å². The SMILES string of the molecule is CO[C@H]1CN(C(=O)CCc2cnn(C)c2)CC[C@@H]1Cc1ccccc1F. The second kappa shape index (κ2) is 8.45. The van der Waals surface area contributed by atoms with Gasteiger partial charge in [0.25, 0.3) is 0 Å². The third-order valence-electron chi connectivity index (χ3n) is 5.18.